The van der Waals surface area contributed by atoms with Crippen molar-refractivity contribution in [3.8, 4) is 11.8 Å². The first kappa shape index (κ1) is 24.3. The first-order valence-electron chi connectivity index (χ1n) is 9.02. The summed E-state index contributed by atoms with van der Waals surface area (Å²) in [6.45, 7) is -1.15. The summed E-state index contributed by atoms with van der Waals surface area (Å²) in [7, 11) is -4.70. The van der Waals surface area contributed by atoms with Gasteiger partial charge in [-0.25, -0.2) is 17.8 Å². The molecule has 2 N–H and O–H groups in total. The number of ether oxygens (including phenoxy) is 1. The number of rotatable bonds is 6. The van der Waals surface area contributed by atoms with Crippen molar-refractivity contribution in [2.75, 3.05) is 26.3 Å². The molecular weight excluding hydrogens is 478 g/mol. The van der Waals surface area contributed by atoms with E-state index in [1.165, 1.54) is 19.1 Å². The van der Waals surface area contributed by atoms with Gasteiger partial charge >= 0.3 is 6.18 Å². The summed E-state index contributed by atoms with van der Waals surface area (Å²) >= 11 is 0.355. The molecule has 0 spiro atoms. The zero-order valence-corrected chi connectivity index (χ0v) is 18.1. The maximum absolute atomic E-state index is 13.7. The average Bonchev–Trinajstić information content (AvgIpc) is 3.28. The van der Waals surface area contributed by atoms with E-state index in [9.17, 15) is 36.2 Å². The van der Waals surface area contributed by atoms with Crippen LogP contribution in [-0.4, -0.2) is 59.8 Å². The number of sulfonamides is 1. The molecule has 1 aromatic carbocycles. The molecule has 2 atom stereocenters. The number of aliphatic hydroxyl groups is 2. The highest BCUT2D eigenvalue weighted by molar-refractivity contribution is 7.91. The van der Waals surface area contributed by atoms with Crippen LogP contribution in [0, 0.1) is 30.0 Å². The lowest BCUT2D eigenvalue weighted by molar-refractivity contribution is -0.143. The van der Waals surface area contributed by atoms with Gasteiger partial charge in [0.25, 0.3) is 10.0 Å². The predicted octanol–water partition coefficient (Wildman–Crippen LogP) is 1.90. The summed E-state index contributed by atoms with van der Waals surface area (Å²) in [6, 6.07) is 5.02. The minimum Gasteiger partial charge on any atom is -0.493 e. The second-order valence-electron chi connectivity index (χ2n) is 7.19. The van der Waals surface area contributed by atoms with Crippen LogP contribution in [0.25, 0.3) is 0 Å². The van der Waals surface area contributed by atoms with Crippen molar-refractivity contribution in [3.63, 3.8) is 0 Å². The number of benzene rings is 1. The van der Waals surface area contributed by atoms with E-state index >= 15 is 0 Å². The predicted molar refractivity (Wildman–Crippen MR) is 103 cm³/mol. The van der Waals surface area contributed by atoms with E-state index in [1.54, 1.807) is 6.07 Å². The maximum atomic E-state index is 13.7. The topological polar surface area (TPSA) is 124 Å². The number of aromatic nitrogens is 1. The van der Waals surface area contributed by atoms with Gasteiger partial charge in [0, 0.05) is 25.1 Å². The van der Waals surface area contributed by atoms with Crippen LogP contribution >= 0.6 is 11.3 Å². The number of nitrogens with zero attached hydrogens (tertiary/aromatic N) is 3. The minimum absolute atomic E-state index is 0.0134. The Bertz CT molecular complexity index is 1160. The van der Waals surface area contributed by atoms with Crippen molar-refractivity contribution in [2.24, 2.45) is 5.92 Å². The monoisotopic (exact) mass is 495 g/mol. The van der Waals surface area contributed by atoms with E-state index in [1.807, 2.05) is 0 Å². The Morgan fingerprint density at radius 2 is 2.12 bits per heavy atom. The molecule has 174 valence electrons. The number of hydrogen-bond donors (Lipinski definition) is 2. The van der Waals surface area contributed by atoms with Gasteiger partial charge in [-0.15, -0.1) is 11.3 Å². The van der Waals surface area contributed by atoms with Crippen LogP contribution in [0.3, 0.4) is 0 Å². The molecule has 0 radical (unpaired) electrons. The van der Waals surface area contributed by atoms with Crippen LogP contribution in [0.2, 0.25) is 0 Å². The van der Waals surface area contributed by atoms with Crippen LogP contribution in [0.5, 0.6) is 5.75 Å². The van der Waals surface area contributed by atoms with Gasteiger partial charge in [0.15, 0.2) is 9.90 Å². The summed E-state index contributed by atoms with van der Waals surface area (Å²) < 4.78 is 84.4. The molecule has 0 saturated carbocycles. The van der Waals surface area contributed by atoms with Gasteiger partial charge in [0.1, 0.15) is 23.2 Å². The number of aliphatic hydroxyl groups excluding tert-OH is 1. The summed E-state index contributed by atoms with van der Waals surface area (Å²) in [4.78, 5) is 3.29. The van der Waals surface area contributed by atoms with E-state index in [-0.39, 0.29) is 22.9 Å². The van der Waals surface area contributed by atoms with Crippen molar-refractivity contribution >= 4 is 21.4 Å². The molecule has 0 amide bonds. The molecule has 32 heavy (non-hydrogen) atoms. The SMILES string of the molecule is Cc1nc(C(F)(F)F)c(S(=O)(=O)N2C[C@H](COc3ccc(C#N)c(F)c3)[C@](O)(CO)C2)s1. The molecular formula is C18H17F4N3O5S2. The Morgan fingerprint density at radius 3 is 2.69 bits per heavy atom. The van der Waals surface area contributed by atoms with Gasteiger partial charge in [0.05, 0.1) is 23.8 Å². The number of halogens is 4. The van der Waals surface area contributed by atoms with E-state index in [0.29, 0.717) is 15.6 Å². The Hall–Kier alpha value is -2.31. The smallest absolute Gasteiger partial charge is 0.435 e. The molecule has 8 nitrogen and oxygen atoms in total. The molecule has 0 unspecified atom stereocenters. The zero-order valence-electron chi connectivity index (χ0n) is 16.4. The fourth-order valence-electron chi connectivity index (χ4n) is 3.24. The van der Waals surface area contributed by atoms with Gasteiger partial charge in [-0.05, 0) is 19.1 Å². The fraction of sp³-hybridized carbons (Fsp3) is 0.444. The lowest BCUT2D eigenvalue weighted by atomic mass is 9.92. The lowest BCUT2D eigenvalue weighted by Gasteiger charge is -2.26. The molecule has 0 aliphatic carbocycles. The van der Waals surface area contributed by atoms with Gasteiger partial charge in [-0.3, -0.25) is 0 Å². The molecule has 14 heteroatoms. The quantitative estimate of drug-likeness (QED) is 0.587. The highest BCUT2D eigenvalue weighted by Crippen LogP contribution is 2.40. The van der Waals surface area contributed by atoms with E-state index in [2.05, 4.69) is 4.98 Å². The molecule has 2 aromatic rings. The summed E-state index contributed by atoms with van der Waals surface area (Å²) in [6.07, 6.45) is -5.00. The Kier molecular flexibility index (Phi) is 6.51. The van der Waals surface area contributed by atoms with Crippen LogP contribution < -0.4 is 4.74 Å². The fourth-order valence-corrected chi connectivity index (χ4v) is 6.41. The molecule has 2 heterocycles. The van der Waals surface area contributed by atoms with Crippen LogP contribution in [0.4, 0.5) is 17.6 Å². The van der Waals surface area contributed by atoms with Crippen molar-refractivity contribution in [3.05, 3.63) is 40.3 Å². The maximum Gasteiger partial charge on any atom is 0.435 e. The van der Waals surface area contributed by atoms with Crippen LogP contribution in [0.1, 0.15) is 16.3 Å². The van der Waals surface area contributed by atoms with Gasteiger partial charge in [-0.1, -0.05) is 0 Å². The first-order valence-corrected chi connectivity index (χ1v) is 11.3. The molecule has 1 fully saturated rings. The van der Waals surface area contributed by atoms with E-state index in [0.717, 1.165) is 6.07 Å². The Labute approximate surface area is 184 Å². The number of β-amino-alcohol motifs (C(OH)–C–C–N with tert-alkyl or cyclic N) is 1. The van der Waals surface area contributed by atoms with Crippen molar-refractivity contribution in [1.29, 1.82) is 5.26 Å². The molecule has 0 bridgehead atoms. The third kappa shape index (κ3) is 4.57. The number of nitriles is 1. The molecule has 1 saturated heterocycles. The van der Waals surface area contributed by atoms with E-state index in [4.69, 9.17) is 10.00 Å². The second kappa shape index (κ2) is 8.56. The second-order valence-corrected chi connectivity index (χ2v) is 10.5. The summed E-state index contributed by atoms with van der Waals surface area (Å²) in [5.41, 5.74) is -3.76. The number of aryl methyl sites for hydroxylation is 1. The average molecular weight is 495 g/mol. The third-order valence-electron chi connectivity index (χ3n) is 4.97. The third-order valence-corrected chi connectivity index (χ3v) is 8.23. The van der Waals surface area contributed by atoms with Crippen molar-refractivity contribution in [1.82, 2.24) is 9.29 Å². The number of alkyl halides is 3. The molecule has 1 aliphatic heterocycles. The number of thiazole rings is 1. The highest BCUT2D eigenvalue weighted by Gasteiger charge is 2.51. The first-order chi connectivity index (χ1) is 14.8. The Morgan fingerprint density at radius 1 is 1.44 bits per heavy atom. The molecule has 3 rings (SSSR count). The van der Waals surface area contributed by atoms with Crippen LogP contribution in [0.15, 0.2) is 22.4 Å². The van der Waals surface area contributed by atoms with Gasteiger partial charge in [0.2, 0.25) is 0 Å². The molecule has 1 aliphatic rings. The highest BCUT2D eigenvalue weighted by atomic mass is 32.2. The number of hydrogen-bond acceptors (Lipinski definition) is 8. The molecule has 1 aromatic heterocycles. The standard InChI is InChI=1S/C18H17F4N3O5S2/c1-10-24-15(18(20,21)22)16(31-10)32(28,29)25-6-12(17(27,8-25)9-26)7-30-13-3-2-11(5-23)14(19)4-13/h2-4,12,26-27H,6-9H2,1H3/t12-,17-/m1/s1. The van der Waals surface area contributed by atoms with Crippen molar-refractivity contribution in [2.45, 2.75) is 22.9 Å². The summed E-state index contributed by atoms with van der Waals surface area (Å²) in [5.74, 6) is -1.90. The largest absolute Gasteiger partial charge is 0.493 e. The van der Waals surface area contributed by atoms with Crippen molar-refractivity contribution < 1.29 is 40.9 Å². The van der Waals surface area contributed by atoms with E-state index < -0.39 is 63.1 Å². The zero-order chi connectivity index (χ0) is 23.9. The minimum atomic E-state index is -5.00. The van der Waals surface area contributed by atoms with Gasteiger partial charge < -0.3 is 14.9 Å². The van der Waals surface area contributed by atoms with Gasteiger partial charge in [-0.2, -0.15) is 22.7 Å². The normalized spacial score (nSPS) is 22.1. The summed E-state index contributed by atoms with van der Waals surface area (Å²) in [5, 5.41) is 29.0. The van der Waals surface area contributed by atoms with Crippen LogP contribution in [-0.2, 0) is 16.2 Å². The Balaban J connectivity index is 1.84. The lowest BCUT2D eigenvalue weighted by Crippen LogP contribution is -2.44.